The van der Waals surface area contributed by atoms with Gasteiger partial charge >= 0.3 is 5.69 Å². The highest BCUT2D eigenvalue weighted by molar-refractivity contribution is 5.94. The molecule has 31 heavy (non-hydrogen) atoms. The molecule has 5 heterocycles. The van der Waals surface area contributed by atoms with Crippen LogP contribution < -0.4 is 21.6 Å². The molecule has 2 saturated heterocycles. The van der Waals surface area contributed by atoms with Gasteiger partial charge in [-0.3, -0.25) is 4.98 Å². The van der Waals surface area contributed by atoms with Crippen LogP contribution in [0.15, 0.2) is 27.4 Å². The number of hydrogen-bond acceptors (Lipinski definition) is 8. The zero-order valence-corrected chi connectivity index (χ0v) is 16.2. The summed E-state index contributed by atoms with van der Waals surface area (Å²) in [4.78, 5) is 29.5. The van der Waals surface area contributed by atoms with E-state index in [4.69, 9.17) is 10.2 Å². The van der Waals surface area contributed by atoms with Crippen LogP contribution in [0, 0.1) is 11.6 Å². The second-order valence-corrected chi connectivity index (χ2v) is 7.95. The molecule has 2 aliphatic heterocycles. The minimum Gasteiger partial charge on any atom is -0.421 e. The van der Waals surface area contributed by atoms with Crippen LogP contribution in [0.2, 0.25) is 0 Å². The highest BCUT2D eigenvalue weighted by Crippen LogP contribution is 2.34. The molecule has 3 aromatic heterocycles. The average molecular weight is 425 g/mol. The van der Waals surface area contributed by atoms with Gasteiger partial charge in [0.05, 0.1) is 16.6 Å². The molecule has 0 aliphatic carbocycles. The second-order valence-electron chi connectivity index (χ2n) is 7.95. The van der Waals surface area contributed by atoms with E-state index in [2.05, 4.69) is 30.2 Å². The summed E-state index contributed by atoms with van der Waals surface area (Å²) in [5.41, 5.74) is 5.03. The van der Waals surface area contributed by atoms with Gasteiger partial charge in [0.1, 0.15) is 22.8 Å². The Balaban J connectivity index is 1.52. The van der Waals surface area contributed by atoms with Gasteiger partial charge in [-0.15, -0.1) is 0 Å². The number of oxazole rings is 1. The molecule has 9 nitrogen and oxygen atoms in total. The van der Waals surface area contributed by atoms with Crippen molar-refractivity contribution in [1.82, 2.24) is 25.3 Å². The average Bonchev–Trinajstić information content (AvgIpc) is 3.28. The third kappa shape index (κ3) is 2.84. The van der Waals surface area contributed by atoms with Crippen LogP contribution >= 0.6 is 0 Å². The Hall–Kier alpha value is -3.60. The summed E-state index contributed by atoms with van der Waals surface area (Å²) in [6.07, 6.45) is 2.18. The number of pyridine rings is 1. The van der Waals surface area contributed by atoms with E-state index in [-0.39, 0.29) is 34.0 Å². The van der Waals surface area contributed by atoms with Crippen LogP contribution in [-0.2, 0) is 0 Å². The summed E-state index contributed by atoms with van der Waals surface area (Å²) >= 11 is 0. The van der Waals surface area contributed by atoms with E-state index in [1.54, 1.807) is 12.1 Å². The third-order valence-electron chi connectivity index (χ3n) is 5.93. The lowest BCUT2D eigenvalue weighted by Crippen LogP contribution is -2.51. The molecule has 0 saturated carbocycles. The van der Waals surface area contributed by atoms with Crippen molar-refractivity contribution >= 4 is 34.0 Å². The van der Waals surface area contributed by atoms with Gasteiger partial charge in [-0.05, 0) is 25.0 Å². The third-order valence-corrected chi connectivity index (χ3v) is 5.93. The molecule has 2 fully saturated rings. The summed E-state index contributed by atoms with van der Waals surface area (Å²) in [6, 6.07) is 4.45. The topological polar surface area (TPSA) is 126 Å². The minimum atomic E-state index is -0.908. The molecule has 1 aromatic carbocycles. The molecule has 4 N–H and O–H groups in total. The predicted molar refractivity (Wildman–Crippen MR) is 110 cm³/mol. The monoisotopic (exact) mass is 425 g/mol. The number of nitrogens with zero attached hydrogens (tertiary/aromatic N) is 4. The SMILES string of the molecule is Nc1nc2c(-c3ccc4c(N5CC6CCC(C5)N6)nc(=O)[nH]c4n3)c(F)cc(F)c2o1. The number of benzene rings is 1. The standard InChI is InChI=1S/C20H17F2N7O2/c21-11-5-12(22)16-15(26-19(23)31-16)14(11)13-4-3-10-17(25-13)27-20(30)28-18(10)29-6-8-1-2-9(7-29)24-8/h3-5,8-9,24H,1-2,6-7H2,(H2,23,26)(H,25,27,28,30). The maximum absolute atomic E-state index is 14.7. The van der Waals surface area contributed by atoms with Crippen LogP contribution in [0.1, 0.15) is 12.8 Å². The molecule has 2 bridgehead atoms. The number of aromatic nitrogens is 4. The molecule has 0 amide bonds. The molecule has 2 unspecified atom stereocenters. The van der Waals surface area contributed by atoms with E-state index >= 15 is 0 Å². The quantitative estimate of drug-likeness (QED) is 0.445. The van der Waals surface area contributed by atoms with E-state index in [1.165, 1.54) is 0 Å². The Kier molecular flexibility index (Phi) is 3.78. The fourth-order valence-corrected chi connectivity index (χ4v) is 4.64. The van der Waals surface area contributed by atoms with E-state index in [0.29, 0.717) is 29.4 Å². The van der Waals surface area contributed by atoms with Crippen molar-refractivity contribution in [2.45, 2.75) is 24.9 Å². The molecule has 0 radical (unpaired) electrons. The predicted octanol–water partition coefficient (Wildman–Crippen LogP) is 1.93. The van der Waals surface area contributed by atoms with E-state index in [1.807, 2.05) is 0 Å². The van der Waals surface area contributed by atoms with E-state index in [0.717, 1.165) is 25.9 Å². The molecule has 2 aliphatic rings. The Labute approximate surface area is 173 Å². The molecule has 2 atom stereocenters. The van der Waals surface area contributed by atoms with Crippen LogP contribution in [0.25, 0.3) is 33.4 Å². The van der Waals surface area contributed by atoms with Crippen molar-refractivity contribution in [1.29, 1.82) is 0 Å². The van der Waals surface area contributed by atoms with Gasteiger partial charge in [-0.2, -0.15) is 9.97 Å². The summed E-state index contributed by atoms with van der Waals surface area (Å²) in [7, 11) is 0. The number of rotatable bonds is 2. The number of anilines is 2. The molecule has 0 spiro atoms. The number of nitrogen functional groups attached to an aromatic ring is 1. The van der Waals surface area contributed by atoms with Crippen molar-refractivity contribution in [3.05, 3.63) is 40.3 Å². The largest absolute Gasteiger partial charge is 0.421 e. The van der Waals surface area contributed by atoms with Crippen molar-refractivity contribution in [3.8, 4) is 11.3 Å². The first-order valence-electron chi connectivity index (χ1n) is 9.93. The van der Waals surface area contributed by atoms with Crippen molar-refractivity contribution < 1.29 is 13.2 Å². The number of nitrogens with two attached hydrogens (primary N) is 1. The second kappa shape index (κ2) is 6.45. The molecule has 158 valence electrons. The number of aromatic amines is 1. The fraction of sp³-hybridized carbons (Fsp3) is 0.300. The van der Waals surface area contributed by atoms with Gasteiger partial charge in [-0.25, -0.2) is 18.6 Å². The van der Waals surface area contributed by atoms with E-state index < -0.39 is 17.3 Å². The van der Waals surface area contributed by atoms with Crippen molar-refractivity contribution in [3.63, 3.8) is 0 Å². The first-order chi connectivity index (χ1) is 15.0. The molecule has 4 aromatic rings. The van der Waals surface area contributed by atoms with Crippen LogP contribution in [-0.4, -0.2) is 45.1 Å². The van der Waals surface area contributed by atoms with Crippen LogP contribution in [0.3, 0.4) is 0 Å². The lowest BCUT2D eigenvalue weighted by Gasteiger charge is -2.34. The summed E-state index contributed by atoms with van der Waals surface area (Å²) in [5.74, 6) is -1.22. The Bertz CT molecular complexity index is 1400. The lowest BCUT2D eigenvalue weighted by atomic mass is 10.1. The summed E-state index contributed by atoms with van der Waals surface area (Å²) in [5, 5.41) is 4.19. The fourth-order valence-electron chi connectivity index (χ4n) is 4.64. The van der Waals surface area contributed by atoms with Crippen molar-refractivity contribution in [2.75, 3.05) is 23.7 Å². The summed E-state index contributed by atoms with van der Waals surface area (Å²) in [6.45, 7) is 1.49. The first-order valence-corrected chi connectivity index (χ1v) is 9.93. The summed E-state index contributed by atoms with van der Waals surface area (Å²) < 4.78 is 33.9. The Morgan fingerprint density at radius 3 is 2.65 bits per heavy atom. The highest BCUT2D eigenvalue weighted by Gasteiger charge is 2.33. The number of fused-ring (bicyclic) bond motifs is 4. The smallest absolute Gasteiger partial charge is 0.348 e. The Morgan fingerprint density at radius 1 is 1.10 bits per heavy atom. The zero-order valence-electron chi connectivity index (χ0n) is 16.2. The van der Waals surface area contributed by atoms with Gasteiger partial charge in [0.15, 0.2) is 11.4 Å². The molecule has 11 heteroatoms. The zero-order chi connectivity index (χ0) is 21.3. The van der Waals surface area contributed by atoms with Gasteiger partial charge in [0.2, 0.25) is 0 Å². The minimum absolute atomic E-state index is 0.0572. The lowest BCUT2D eigenvalue weighted by molar-refractivity contribution is 0.464. The maximum Gasteiger partial charge on any atom is 0.348 e. The normalized spacial score (nSPS) is 20.8. The number of halogens is 2. The highest BCUT2D eigenvalue weighted by atomic mass is 19.1. The van der Waals surface area contributed by atoms with Crippen LogP contribution in [0.5, 0.6) is 0 Å². The van der Waals surface area contributed by atoms with Gasteiger partial charge < -0.3 is 20.4 Å². The van der Waals surface area contributed by atoms with E-state index in [9.17, 15) is 13.6 Å². The molecule has 6 rings (SSSR count). The van der Waals surface area contributed by atoms with Crippen LogP contribution in [0.4, 0.5) is 20.6 Å². The first kappa shape index (κ1) is 18.2. The molecular formula is C20H17F2N7O2. The van der Waals surface area contributed by atoms with Gasteiger partial charge in [0.25, 0.3) is 6.01 Å². The number of nitrogens with one attached hydrogen (secondary N) is 2. The number of H-pyrrole nitrogens is 1. The molecular weight excluding hydrogens is 408 g/mol. The Morgan fingerprint density at radius 2 is 1.87 bits per heavy atom. The number of piperazine rings is 1. The number of hydrogen-bond donors (Lipinski definition) is 3. The van der Waals surface area contributed by atoms with Gasteiger partial charge in [0, 0.05) is 31.2 Å². The van der Waals surface area contributed by atoms with Gasteiger partial charge in [-0.1, -0.05) is 0 Å². The van der Waals surface area contributed by atoms with Crippen molar-refractivity contribution in [2.24, 2.45) is 0 Å². The maximum atomic E-state index is 14.7.